The third-order valence-corrected chi connectivity index (χ3v) is 2.31. The number of nitrogens with zero attached hydrogens (tertiary/aromatic N) is 3. The van der Waals surface area contributed by atoms with Gasteiger partial charge in [-0.05, 0) is 26.8 Å². The molecule has 0 aliphatic rings. The minimum atomic E-state index is -1.11. The van der Waals surface area contributed by atoms with Crippen LogP contribution in [-0.2, 0) is 11.3 Å². The van der Waals surface area contributed by atoms with Crippen LogP contribution in [0.5, 0.6) is 0 Å². The number of aliphatic carboxylic acids is 1. The fourth-order valence-corrected chi connectivity index (χ4v) is 1.47. The van der Waals surface area contributed by atoms with Crippen LogP contribution >= 0.6 is 0 Å². The van der Waals surface area contributed by atoms with E-state index in [0.717, 1.165) is 0 Å². The highest BCUT2D eigenvalue weighted by Gasteiger charge is 2.23. The molecule has 1 N–H and O–H groups in total. The summed E-state index contributed by atoms with van der Waals surface area (Å²) in [5.41, 5.74) is 0.381. The first-order valence-corrected chi connectivity index (χ1v) is 5.01. The van der Waals surface area contributed by atoms with Gasteiger partial charge in [-0.2, -0.15) is 5.10 Å². The van der Waals surface area contributed by atoms with Gasteiger partial charge in [-0.25, -0.2) is 4.79 Å². The van der Waals surface area contributed by atoms with Gasteiger partial charge in [0.05, 0.1) is 4.92 Å². The van der Waals surface area contributed by atoms with Gasteiger partial charge in [0.2, 0.25) is 0 Å². The number of carboxylic acid groups (broad SMARTS) is 1. The van der Waals surface area contributed by atoms with Crippen LogP contribution in [0.4, 0.5) is 5.69 Å². The van der Waals surface area contributed by atoms with Crippen molar-refractivity contribution in [3.63, 3.8) is 0 Å². The summed E-state index contributed by atoms with van der Waals surface area (Å²) in [7, 11) is 0. The Morgan fingerprint density at radius 3 is 2.65 bits per heavy atom. The molecule has 0 spiro atoms. The van der Waals surface area contributed by atoms with Gasteiger partial charge in [-0.15, -0.1) is 0 Å². The summed E-state index contributed by atoms with van der Waals surface area (Å²) in [6.07, 6.45) is 1.27. The van der Waals surface area contributed by atoms with Crippen molar-refractivity contribution in [3.8, 4) is 0 Å². The number of hydrogen-bond donors (Lipinski definition) is 1. The molecule has 0 amide bonds. The topological polar surface area (TPSA) is 98.3 Å². The standard InChI is InChI=1S/C10H13N3O4/c1-4-12-8(5-6(2)10(14)15)9(13(16)17)7(3)11-12/h5H,4H2,1-3H3,(H,14,15). The average Bonchev–Trinajstić information content (AvgIpc) is 2.54. The van der Waals surface area contributed by atoms with E-state index in [1.807, 2.05) is 0 Å². The molecule has 0 bridgehead atoms. The van der Waals surface area contributed by atoms with Crippen molar-refractivity contribution in [3.05, 3.63) is 27.1 Å². The van der Waals surface area contributed by atoms with E-state index >= 15 is 0 Å². The molecule has 17 heavy (non-hydrogen) atoms. The number of hydrogen-bond acceptors (Lipinski definition) is 4. The van der Waals surface area contributed by atoms with Crippen molar-refractivity contribution < 1.29 is 14.8 Å². The lowest BCUT2D eigenvalue weighted by molar-refractivity contribution is -0.385. The molecule has 1 heterocycles. The summed E-state index contributed by atoms with van der Waals surface area (Å²) in [4.78, 5) is 21.1. The summed E-state index contributed by atoms with van der Waals surface area (Å²) in [5.74, 6) is -1.11. The monoisotopic (exact) mass is 239 g/mol. The lowest BCUT2D eigenvalue weighted by Gasteiger charge is -1.99. The van der Waals surface area contributed by atoms with Gasteiger partial charge in [-0.1, -0.05) is 0 Å². The molecule has 0 aromatic carbocycles. The Balaban J connectivity index is 3.44. The first kappa shape index (κ1) is 12.9. The zero-order valence-electron chi connectivity index (χ0n) is 9.80. The number of aryl methyl sites for hydroxylation is 2. The second-order valence-corrected chi connectivity index (χ2v) is 3.52. The maximum absolute atomic E-state index is 10.9. The molecule has 0 aliphatic heterocycles. The van der Waals surface area contributed by atoms with Gasteiger partial charge >= 0.3 is 11.7 Å². The van der Waals surface area contributed by atoms with E-state index in [0.29, 0.717) is 6.54 Å². The Morgan fingerprint density at radius 2 is 2.24 bits per heavy atom. The van der Waals surface area contributed by atoms with Gasteiger partial charge in [0.1, 0.15) is 11.4 Å². The zero-order valence-corrected chi connectivity index (χ0v) is 9.80. The van der Waals surface area contributed by atoms with Crippen molar-refractivity contribution in [1.82, 2.24) is 9.78 Å². The molecule has 0 atom stereocenters. The third kappa shape index (κ3) is 2.49. The normalized spacial score (nSPS) is 11.6. The van der Waals surface area contributed by atoms with Gasteiger partial charge in [0.25, 0.3) is 0 Å². The molecule has 1 rings (SSSR count). The van der Waals surface area contributed by atoms with E-state index in [1.165, 1.54) is 24.6 Å². The van der Waals surface area contributed by atoms with E-state index < -0.39 is 10.9 Å². The fourth-order valence-electron chi connectivity index (χ4n) is 1.47. The summed E-state index contributed by atoms with van der Waals surface area (Å²) in [5, 5.41) is 23.7. The van der Waals surface area contributed by atoms with Crippen LogP contribution in [-0.4, -0.2) is 25.8 Å². The molecule has 7 nitrogen and oxygen atoms in total. The molecular weight excluding hydrogens is 226 g/mol. The molecule has 0 unspecified atom stereocenters. The molecule has 92 valence electrons. The van der Waals surface area contributed by atoms with Gasteiger partial charge in [0.15, 0.2) is 0 Å². The molecule has 1 aromatic rings. The molecule has 1 aromatic heterocycles. The predicted octanol–water partition coefficient (Wildman–Crippen LogP) is 1.61. The largest absolute Gasteiger partial charge is 0.478 e. The van der Waals surface area contributed by atoms with Crippen molar-refractivity contribution in [2.24, 2.45) is 0 Å². The third-order valence-electron chi connectivity index (χ3n) is 2.31. The number of rotatable bonds is 4. The van der Waals surface area contributed by atoms with Gasteiger partial charge in [0, 0.05) is 12.1 Å². The number of aromatic nitrogens is 2. The number of nitro groups is 1. The second kappa shape index (κ2) is 4.77. The quantitative estimate of drug-likeness (QED) is 0.489. The first-order chi connectivity index (χ1) is 7.88. The Bertz CT molecular complexity index is 502. The number of carbonyl (C=O) groups is 1. The van der Waals surface area contributed by atoms with E-state index in [9.17, 15) is 14.9 Å². The summed E-state index contributed by atoms with van der Waals surface area (Å²) < 4.78 is 1.42. The van der Waals surface area contributed by atoms with Crippen LogP contribution in [0.2, 0.25) is 0 Å². The van der Waals surface area contributed by atoms with E-state index in [2.05, 4.69) is 5.10 Å². The summed E-state index contributed by atoms with van der Waals surface area (Å²) in [6, 6.07) is 0. The maximum atomic E-state index is 10.9. The minimum Gasteiger partial charge on any atom is -0.478 e. The van der Waals surface area contributed by atoms with Gasteiger partial charge in [-0.3, -0.25) is 14.8 Å². The van der Waals surface area contributed by atoms with Crippen LogP contribution in [0.1, 0.15) is 25.2 Å². The second-order valence-electron chi connectivity index (χ2n) is 3.52. The molecule has 0 radical (unpaired) electrons. The number of carboxylic acids is 1. The Labute approximate surface area is 97.5 Å². The average molecular weight is 239 g/mol. The smallest absolute Gasteiger partial charge is 0.331 e. The van der Waals surface area contributed by atoms with Crippen LogP contribution in [0.15, 0.2) is 5.57 Å². The van der Waals surface area contributed by atoms with E-state index in [-0.39, 0.29) is 22.6 Å². The molecule has 0 fully saturated rings. The Hall–Kier alpha value is -2.18. The van der Waals surface area contributed by atoms with Crippen LogP contribution in [0, 0.1) is 17.0 Å². The van der Waals surface area contributed by atoms with Crippen LogP contribution in [0.3, 0.4) is 0 Å². The summed E-state index contributed by atoms with van der Waals surface area (Å²) in [6.45, 7) is 5.13. The van der Waals surface area contributed by atoms with Crippen molar-refractivity contribution in [2.75, 3.05) is 0 Å². The lowest BCUT2D eigenvalue weighted by Crippen LogP contribution is -2.03. The first-order valence-electron chi connectivity index (χ1n) is 5.01. The van der Waals surface area contributed by atoms with Gasteiger partial charge < -0.3 is 5.11 Å². The SMILES string of the molecule is CCn1nc(C)c([N+](=O)[O-])c1C=C(C)C(=O)O. The Kier molecular flexibility index (Phi) is 3.62. The van der Waals surface area contributed by atoms with Crippen molar-refractivity contribution in [1.29, 1.82) is 0 Å². The summed E-state index contributed by atoms with van der Waals surface area (Å²) >= 11 is 0. The maximum Gasteiger partial charge on any atom is 0.331 e. The fraction of sp³-hybridized carbons (Fsp3) is 0.400. The highest BCUT2D eigenvalue weighted by Crippen LogP contribution is 2.25. The molecule has 7 heteroatoms. The van der Waals surface area contributed by atoms with E-state index in [1.54, 1.807) is 6.92 Å². The molecule has 0 saturated carbocycles. The van der Waals surface area contributed by atoms with Crippen molar-refractivity contribution in [2.45, 2.75) is 27.3 Å². The van der Waals surface area contributed by atoms with Crippen LogP contribution in [0.25, 0.3) is 6.08 Å². The molecule has 0 aliphatic carbocycles. The van der Waals surface area contributed by atoms with Crippen LogP contribution < -0.4 is 0 Å². The minimum absolute atomic E-state index is 0.0303. The molecular formula is C10H13N3O4. The van der Waals surface area contributed by atoms with Crippen molar-refractivity contribution >= 4 is 17.7 Å². The zero-order chi connectivity index (χ0) is 13.2. The highest BCUT2D eigenvalue weighted by molar-refractivity contribution is 5.91. The lowest BCUT2D eigenvalue weighted by atomic mass is 10.2. The van der Waals surface area contributed by atoms with E-state index in [4.69, 9.17) is 5.11 Å². The molecule has 0 saturated heterocycles. The Morgan fingerprint density at radius 1 is 1.65 bits per heavy atom. The predicted molar refractivity (Wildman–Crippen MR) is 60.6 cm³/mol. The highest BCUT2D eigenvalue weighted by atomic mass is 16.6.